The number of aromatic nitrogens is 2. The van der Waals surface area contributed by atoms with E-state index < -0.39 is 0 Å². The van der Waals surface area contributed by atoms with E-state index in [1.54, 1.807) is 6.20 Å². The number of rotatable bonds is 1. The second kappa shape index (κ2) is 2.79. The third-order valence-electron chi connectivity index (χ3n) is 1.46. The number of H-pyrrole nitrogens is 1. The van der Waals surface area contributed by atoms with Crippen molar-refractivity contribution < 1.29 is 0 Å². The number of pyridine rings is 1. The number of thiol groups is 1. The van der Waals surface area contributed by atoms with Gasteiger partial charge in [-0.05, 0) is 29.0 Å². The Balaban J connectivity index is 2.69. The summed E-state index contributed by atoms with van der Waals surface area (Å²) in [6, 6.07) is 5.88. The van der Waals surface area contributed by atoms with Crippen molar-refractivity contribution in [3.63, 3.8) is 0 Å². The van der Waals surface area contributed by atoms with E-state index in [4.69, 9.17) is 0 Å². The molecule has 1 N–H and O–H groups in total. The molecule has 0 aliphatic rings. The maximum Gasteiger partial charge on any atom is 0.0890 e. The molecule has 0 unspecified atom stereocenters. The van der Waals surface area contributed by atoms with Crippen LogP contribution in [0.1, 0.15) is 0 Å². The molecule has 0 saturated carbocycles. The molecule has 2 aromatic heterocycles. The van der Waals surface area contributed by atoms with Gasteiger partial charge in [-0.1, -0.05) is 0 Å². The molecule has 0 amide bonds. The summed E-state index contributed by atoms with van der Waals surface area (Å²) in [6.07, 6.45) is 1.78. The standard InChI is InChI=1S/C7H6N2S2/c10-11-7-4-6-5(9-7)2-1-3-8-6/h1-4,9-10H. The first-order valence-electron chi connectivity index (χ1n) is 3.15. The molecule has 2 rings (SSSR count). The molecule has 4 heteroatoms. The van der Waals surface area contributed by atoms with Crippen molar-refractivity contribution in [3.05, 3.63) is 24.4 Å². The van der Waals surface area contributed by atoms with Gasteiger partial charge >= 0.3 is 0 Å². The molecule has 2 aromatic rings. The van der Waals surface area contributed by atoms with Gasteiger partial charge in [0.15, 0.2) is 0 Å². The number of hydrogen-bond donors (Lipinski definition) is 2. The van der Waals surface area contributed by atoms with Crippen LogP contribution >= 0.6 is 22.5 Å². The Morgan fingerprint density at radius 2 is 2.45 bits per heavy atom. The first-order valence-corrected chi connectivity index (χ1v) is 5.02. The third-order valence-corrected chi connectivity index (χ3v) is 2.47. The molecule has 11 heavy (non-hydrogen) atoms. The molecular formula is C7H6N2S2. The van der Waals surface area contributed by atoms with Gasteiger partial charge < -0.3 is 4.98 Å². The van der Waals surface area contributed by atoms with Gasteiger partial charge in [-0.3, -0.25) is 4.98 Å². The Bertz CT molecular complexity index is 336. The monoisotopic (exact) mass is 182 g/mol. The van der Waals surface area contributed by atoms with Crippen LogP contribution in [-0.4, -0.2) is 9.97 Å². The average Bonchev–Trinajstić information content (AvgIpc) is 2.46. The van der Waals surface area contributed by atoms with E-state index in [1.165, 1.54) is 10.8 Å². The minimum atomic E-state index is 0.990. The zero-order valence-corrected chi connectivity index (χ0v) is 7.32. The Morgan fingerprint density at radius 1 is 1.55 bits per heavy atom. The van der Waals surface area contributed by atoms with Gasteiger partial charge in [0.05, 0.1) is 16.1 Å². The van der Waals surface area contributed by atoms with Crippen molar-refractivity contribution in [1.82, 2.24) is 9.97 Å². The van der Waals surface area contributed by atoms with Crippen molar-refractivity contribution in [2.45, 2.75) is 5.03 Å². The molecule has 0 radical (unpaired) electrons. The topological polar surface area (TPSA) is 28.7 Å². The van der Waals surface area contributed by atoms with Crippen molar-refractivity contribution in [1.29, 1.82) is 0 Å². The van der Waals surface area contributed by atoms with E-state index in [-0.39, 0.29) is 0 Å². The fourth-order valence-electron chi connectivity index (χ4n) is 0.980. The van der Waals surface area contributed by atoms with Crippen LogP contribution in [0.2, 0.25) is 0 Å². The Labute approximate surface area is 73.2 Å². The van der Waals surface area contributed by atoms with Gasteiger partial charge in [0.1, 0.15) is 0 Å². The zero-order valence-electron chi connectivity index (χ0n) is 5.61. The predicted octanol–water partition coefficient (Wildman–Crippen LogP) is 2.50. The Hall–Kier alpha value is -0.610. The van der Waals surface area contributed by atoms with Gasteiger partial charge in [-0.2, -0.15) is 0 Å². The minimum Gasteiger partial charge on any atom is -0.348 e. The summed E-state index contributed by atoms with van der Waals surface area (Å²) >= 11 is 4.08. The minimum absolute atomic E-state index is 0.990. The predicted molar refractivity (Wildman–Crippen MR) is 50.9 cm³/mol. The van der Waals surface area contributed by atoms with Gasteiger partial charge in [0, 0.05) is 6.20 Å². The fourth-order valence-corrected chi connectivity index (χ4v) is 1.60. The van der Waals surface area contributed by atoms with Crippen LogP contribution in [0.5, 0.6) is 0 Å². The van der Waals surface area contributed by atoms with E-state index in [9.17, 15) is 0 Å². The highest BCUT2D eigenvalue weighted by atomic mass is 33.1. The molecule has 0 fully saturated rings. The second-order valence-corrected chi connectivity index (χ2v) is 3.33. The lowest BCUT2D eigenvalue weighted by Crippen LogP contribution is -1.69. The smallest absolute Gasteiger partial charge is 0.0890 e. The molecule has 0 saturated heterocycles. The average molecular weight is 182 g/mol. The largest absolute Gasteiger partial charge is 0.348 e. The lowest BCUT2D eigenvalue weighted by molar-refractivity contribution is 1.25. The van der Waals surface area contributed by atoms with Gasteiger partial charge in [0.25, 0.3) is 0 Å². The maximum absolute atomic E-state index is 4.17. The Morgan fingerprint density at radius 3 is 3.18 bits per heavy atom. The van der Waals surface area contributed by atoms with Crippen LogP contribution in [0, 0.1) is 0 Å². The molecule has 0 aliphatic heterocycles. The lowest BCUT2D eigenvalue weighted by atomic mass is 10.4. The van der Waals surface area contributed by atoms with Gasteiger partial charge in [0.2, 0.25) is 0 Å². The number of nitrogens with one attached hydrogen (secondary N) is 1. The van der Waals surface area contributed by atoms with E-state index in [1.807, 2.05) is 18.2 Å². The summed E-state index contributed by atoms with van der Waals surface area (Å²) in [5, 5.41) is 1.03. The van der Waals surface area contributed by atoms with E-state index in [0.717, 1.165) is 16.1 Å². The highest BCUT2D eigenvalue weighted by molar-refractivity contribution is 8.68. The van der Waals surface area contributed by atoms with Crippen molar-refractivity contribution >= 4 is 33.5 Å². The van der Waals surface area contributed by atoms with E-state index in [0.29, 0.717) is 0 Å². The maximum atomic E-state index is 4.17. The first-order chi connectivity index (χ1) is 5.40. The molecular weight excluding hydrogens is 176 g/mol. The van der Waals surface area contributed by atoms with Crippen LogP contribution in [0.25, 0.3) is 11.0 Å². The van der Waals surface area contributed by atoms with E-state index >= 15 is 0 Å². The van der Waals surface area contributed by atoms with Crippen LogP contribution in [0.15, 0.2) is 29.4 Å². The van der Waals surface area contributed by atoms with Crippen molar-refractivity contribution in [2.24, 2.45) is 0 Å². The molecule has 0 aliphatic carbocycles. The van der Waals surface area contributed by atoms with Crippen LogP contribution in [0.3, 0.4) is 0 Å². The molecule has 0 aromatic carbocycles. The summed E-state index contributed by atoms with van der Waals surface area (Å²) < 4.78 is 0. The lowest BCUT2D eigenvalue weighted by Gasteiger charge is -1.83. The molecule has 56 valence electrons. The van der Waals surface area contributed by atoms with Gasteiger partial charge in [-0.15, -0.1) is 11.7 Å². The normalized spacial score (nSPS) is 10.6. The number of fused-ring (bicyclic) bond motifs is 1. The quantitative estimate of drug-likeness (QED) is 0.524. The highest BCUT2D eigenvalue weighted by Gasteiger charge is 1.97. The summed E-state index contributed by atoms with van der Waals surface area (Å²) in [6.45, 7) is 0. The fraction of sp³-hybridized carbons (Fsp3) is 0. The first kappa shape index (κ1) is 7.06. The number of aromatic amines is 1. The molecule has 2 heterocycles. The van der Waals surface area contributed by atoms with E-state index in [2.05, 4.69) is 21.6 Å². The van der Waals surface area contributed by atoms with Crippen LogP contribution in [-0.2, 0) is 0 Å². The molecule has 2 nitrogen and oxygen atoms in total. The Kier molecular flexibility index (Phi) is 1.79. The summed E-state index contributed by atoms with van der Waals surface area (Å²) in [4.78, 5) is 7.34. The van der Waals surface area contributed by atoms with Gasteiger partial charge in [-0.25, -0.2) is 0 Å². The third kappa shape index (κ3) is 1.23. The van der Waals surface area contributed by atoms with Crippen molar-refractivity contribution in [3.8, 4) is 0 Å². The zero-order chi connectivity index (χ0) is 7.68. The molecule has 0 spiro atoms. The SMILES string of the molecule is SSc1cc2ncccc2[nH]1. The number of hydrogen-bond acceptors (Lipinski definition) is 3. The van der Waals surface area contributed by atoms with Crippen LogP contribution < -0.4 is 0 Å². The van der Waals surface area contributed by atoms with Crippen LogP contribution in [0.4, 0.5) is 0 Å². The molecule has 0 bridgehead atoms. The second-order valence-electron chi connectivity index (χ2n) is 2.16. The summed E-state index contributed by atoms with van der Waals surface area (Å²) in [5.41, 5.74) is 2.05. The summed E-state index contributed by atoms with van der Waals surface area (Å²) in [5.74, 6) is 0. The number of nitrogens with zero attached hydrogens (tertiary/aromatic N) is 1. The highest BCUT2D eigenvalue weighted by Crippen LogP contribution is 2.23. The summed E-state index contributed by atoms with van der Waals surface area (Å²) in [7, 11) is 1.39. The van der Waals surface area contributed by atoms with Crippen molar-refractivity contribution in [2.75, 3.05) is 0 Å². The molecule has 0 atom stereocenters.